The Labute approximate surface area is 199 Å². The van der Waals surface area contributed by atoms with Crippen molar-refractivity contribution < 1.29 is 14.5 Å². The van der Waals surface area contributed by atoms with E-state index in [2.05, 4.69) is 5.32 Å². The van der Waals surface area contributed by atoms with Gasteiger partial charge in [-0.05, 0) is 37.0 Å². The average molecular weight is 472 g/mol. The summed E-state index contributed by atoms with van der Waals surface area (Å²) in [7, 11) is 0. The fourth-order valence-electron chi connectivity index (χ4n) is 4.35. The minimum atomic E-state index is -0.669. The zero-order valence-electron chi connectivity index (χ0n) is 18.8. The van der Waals surface area contributed by atoms with E-state index in [1.165, 1.54) is 17.4 Å². The molecule has 2 aromatic carbocycles. The lowest BCUT2D eigenvalue weighted by atomic mass is 9.95. The summed E-state index contributed by atoms with van der Waals surface area (Å²) in [6.07, 6.45) is 5.54. The lowest BCUT2D eigenvalue weighted by molar-refractivity contribution is -0.385. The number of carbonyl (C=O) groups excluding carboxylic acids is 2. The highest BCUT2D eigenvalue weighted by Crippen LogP contribution is 2.22. The number of nitro benzene ring substituents is 1. The summed E-state index contributed by atoms with van der Waals surface area (Å²) < 4.78 is 0. The number of para-hydroxylation sites is 1. The van der Waals surface area contributed by atoms with E-state index >= 15 is 0 Å². The van der Waals surface area contributed by atoms with Gasteiger partial charge in [-0.25, -0.2) is 0 Å². The number of hydrogen-bond acceptors (Lipinski definition) is 4. The van der Waals surface area contributed by atoms with Gasteiger partial charge >= 0.3 is 0 Å². The van der Waals surface area contributed by atoms with Crippen LogP contribution in [0.5, 0.6) is 0 Å². The minimum absolute atomic E-state index is 0.100. The Balaban J connectivity index is 1.85. The van der Waals surface area contributed by atoms with Crippen LogP contribution in [0.1, 0.15) is 56.6 Å². The molecule has 1 aliphatic carbocycles. The SMILES string of the molecule is CC[C@H](C(=O)NC1CCCCC1)N(Cc1ccc(Cl)cc1)C(=O)Cc1ccccc1[N+](=O)[O-]. The molecule has 0 aromatic heterocycles. The maximum Gasteiger partial charge on any atom is 0.273 e. The third kappa shape index (κ3) is 6.78. The molecule has 8 heteroatoms. The second-order valence-electron chi connectivity index (χ2n) is 8.48. The van der Waals surface area contributed by atoms with Gasteiger partial charge < -0.3 is 10.2 Å². The largest absolute Gasteiger partial charge is 0.352 e. The molecule has 0 bridgehead atoms. The van der Waals surface area contributed by atoms with Gasteiger partial charge in [0.1, 0.15) is 6.04 Å². The molecule has 0 heterocycles. The molecule has 1 atom stereocenters. The molecule has 0 unspecified atom stereocenters. The standard InChI is InChI=1S/C25H30ClN3O4/c1-2-22(25(31)27-21-9-4-3-5-10-21)28(17-18-12-14-20(26)15-13-18)24(30)16-19-8-6-7-11-23(19)29(32)33/h6-8,11-15,21-22H,2-5,9-10,16-17H2,1H3,(H,27,31)/t22-/m1/s1. The van der Waals surface area contributed by atoms with E-state index in [9.17, 15) is 19.7 Å². The van der Waals surface area contributed by atoms with Gasteiger partial charge in [-0.15, -0.1) is 0 Å². The van der Waals surface area contributed by atoms with Crippen molar-refractivity contribution in [3.63, 3.8) is 0 Å². The van der Waals surface area contributed by atoms with Crippen LogP contribution in [0.25, 0.3) is 0 Å². The molecule has 0 radical (unpaired) electrons. The molecular weight excluding hydrogens is 442 g/mol. The summed E-state index contributed by atoms with van der Waals surface area (Å²) in [4.78, 5) is 39.2. The zero-order chi connectivity index (χ0) is 23.8. The lowest BCUT2D eigenvalue weighted by Gasteiger charge is -2.33. The first-order valence-electron chi connectivity index (χ1n) is 11.5. The molecule has 2 aromatic rings. The van der Waals surface area contributed by atoms with Gasteiger partial charge in [-0.3, -0.25) is 19.7 Å². The summed E-state index contributed by atoms with van der Waals surface area (Å²) >= 11 is 6.01. The maximum absolute atomic E-state index is 13.5. The van der Waals surface area contributed by atoms with Crippen molar-refractivity contribution in [1.29, 1.82) is 0 Å². The third-order valence-corrected chi connectivity index (χ3v) is 6.39. The number of carbonyl (C=O) groups is 2. The summed E-state index contributed by atoms with van der Waals surface area (Å²) in [5.74, 6) is -0.501. The molecule has 3 rings (SSSR count). The third-order valence-electron chi connectivity index (χ3n) is 6.13. The molecule has 1 N–H and O–H groups in total. The summed E-state index contributed by atoms with van der Waals surface area (Å²) in [5, 5.41) is 15.1. The Kier molecular flexibility index (Phi) is 8.83. The number of hydrogen-bond donors (Lipinski definition) is 1. The fourth-order valence-corrected chi connectivity index (χ4v) is 4.48. The van der Waals surface area contributed by atoms with Gasteiger partial charge in [0.25, 0.3) is 5.69 Å². The van der Waals surface area contributed by atoms with Crippen molar-refractivity contribution in [3.05, 3.63) is 74.8 Å². The van der Waals surface area contributed by atoms with Crippen molar-refractivity contribution >= 4 is 29.1 Å². The second kappa shape index (κ2) is 11.8. The number of rotatable bonds is 9. The quantitative estimate of drug-likeness (QED) is 0.409. The molecular formula is C25H30ClN3O4. The Morgan fingerprint density at radius 2 is 1.79 bits per heavy atom. The van der Waals surface area contributed by atoms with Crippen molar-refractivity contribution in [2.45, 2.75) is 70.5 Å². The van der Waals surface area contributed by atoms with Crippen LogP contribution in [-0.4, -0.2) is 33.7 Å². The molecule has 7 nitrogen and oxygen atoms in total. The van der Waals surface area contributed by atoms with Crippen LogP contribution in [0.15, 0.2) is 48.5 Å². The van der Waals surface area contributed by atoms with E-state index < -0.39 is 11.0 Å². The Bertz CT molecular complexity index is 974. The highest BCUT2D eigenvalue weighted by atomic mass is 35.5. The van der Waals surface area contributed by atoms with Crippen LogP contribution in [0, 0.1) is 10.1 Å². The van der Waals surface area contributed by atoms with E-state index in [1.54, 1.807) is 30.3 Å². The highest BCUT2D eigenvalue weighted by molar-refractivity contribution is 6.30. The normalized spacial score (nSPS) is 15.0. The fraction of sp³-hybridized carbons (Fsp3) is 0.440. The minimum Gasteiger partial charge on any atom is -0.352 e. The zero-order valence-corrected chi connectivity index (χ0v) is 19.6. The van der Waals surface area contributed by atoms with Crippen LogP contribution < -0.4 is 5.32 Å². The van der Waals surface area contributed by atoms with Crippen LogP contribution >= 0.6 is 11.6 Å². The monoisotopic (exact) mass is 471 g/mol. The maximum atomic E-state index is 13.5. The number of halogens is 1. The number of nitrogens with zero attached hydrogens (tertiary/aromatic N) is 2. The van der Waals surface area contributed by atoms with Crippen LogP contribution in [0.3, 0.4) is 0 Å². The van der Waals surface area contributed by atoms with Crippen LogP contribution in [0.2, 0.25) is 5.02 Å². The Morgan fingerprint density at radius 3 is 2.42 bits per heavy atom. The van der Waals surface area contributed by atoms with E-state index in [0.717, 1.165) is 31.2 Å². The topological polar surface area (TPSA) is 92.6 Å². The second-order valence-corrected chi connectivity index (χ2v) is 8.91. The van der Waals surface area contributed by atoms with E-state index in [0.29, 0.717) is 17.0 Å². The molecule has 2 amide bonds. The van der Waals surface area contributed by atoms with Crippen LogP contribution in [-0.2, 0) is 22.6 Å². The molecule has 0 saturated heterocycles. The average Bonchev–Trinajstić information content (AvgIpc) is 2.81. The molecule has 0 aliphatic heterocycles. The van der Waals surface area contributed by atoms with Gasteiger partial charge in [0.2, 0.25) is 11.8 Å². The molecule has 0 spiro atoms. The lowest BCUT2D eigenvalue weighted by Crippen LogP contribution is -2.52. The number of amides is 2. The predicted octanol–water partition coefficient (Wildman–Crippen LogP) is 5.05. The number of nitro groups is 1. The molecule has 1 saturated carbocycles. The Morgan fingerprint density at radius 1 is 1.12 bits per heavy atom. The number of benzene rings is 2. The molecule has 1 fully saturated rings. The van der Waals surface area contributed by atoms with E-state index in [4.69, 9.17) is 11.6 Å². The van der Waals surface area contributed by atoms with Gasteiger partial charge in [-0.2, -0.15) is 0 Å². The summed E-state index contributed by atoms with van der Waals surface area (Å²) in [6.45, 7) is 2.09. The summed E-state index contributed by atoms with van der Waals surface area (Å²) in [6, 6.07) is 12.8. The van der Waals surface area contributed by atoms with E-state index in [1.807, 2.05) is 19.1 Å². The smallest absolute Gasteiger partial charge is 0.273 e. The first-order chi connectivity index (χ1) is 15.9. The Hall–Kier alpha value is -2.93. The molecule has 176 valence electrons. The van der Waals surface area contributed by atoms with Gasteiger partial charge in [-0.1, -0.05) is 68.1 Å². The molecule has 1 aliphatic rings. The first-order valence-corrected chi connectivity index (χ1v) is 11.8. The van der Waals surface area contributed by atoms with Crippen molar-refractivity contribution in [2.24, 2.45) is 0 Å². The number of nitrogens with one attached hydrogen (secondary N) is 1. The van der Waals surface area contributed by atoms with Crippen molar-refractivity contribution in [2.75, 3.05) is 0 Å². The van der Waals surface area contributed by atoms with Crippen molar-refractivity contribution in [3.8, 4) is 0 Å². The predicted molar refractivity (Wildman–Crippen MR) is 128 cm³/mol. The van der Waals surface area contributed by atoms with Crippen molar-refractivity contribution in [1.82, 2.24) is 10.2 Å². The van der Waals surface area contributed by atoms with E-state index in [-0.39, 0.29) is 36.5 Å². The van der Waals surface area contributed by atoms with Gasteiger partial charge in [0.15, 0.2) is 0 Å². The van der Waals surface area contributed by atoms with Gasteiger partial charge in [0.05, 0.1) is 11.3 Å². The molecule has 33 heavy (non-hydrogen) atoms. The summed E-state index contributed by atoms with van der Waals surface area (Å²) in [5.41, 5.74) is 1.06. The van der Waals surface area contributed by atoms with Gasteiger partial charge in [0, 0.05) is 29.2 Å². The highest BCUT2D eigenvalue weighted by Gasteiger charge is 2.31. The first kappa shape index (κ1) is 24.7. The van der Waals surface area contributed by atoms with Crippen LogP contribution in [0.4, 0.5) is 5.69 Å².